The molecule has 0 amide bonds. The Labute approximate surface area is 137 Å². The van der Waals surface area contributed by atoms with E-state index in [0.29, 0.717) is 10.7 Å². The van der Waals surface area contributed by atoms with Gasteiger partial charge >= 0.3 is 5.97 Å². The summed E-state index contributed by atoms with van der Waals surface area (Å²) >= 11 is 1.42. The molecule has 0 fully saturated rings. The molecule has 0 N–H and O–H groups in total. The first-order chi connectivity index (χ1) is 11.2. The smallest absolute Gasteiger partial charge is 0.337 e. The van der Waals surface area contributed by atoms with E-state index in [-0.39, 0.29) is 5.97 Å². The molecule has 2 aromatic carbocycles. The summed E-state index contributed by atoms with van der Waals surface area (Å²) in [5, 5.41) is 0.629. The topological polar surface area (TPSA) is 60.8 Å². The van der Waals surface area contributed by atoms with Crippen molar-refractivity contribution < 1.29 is 14.3 Å². The van der Waals surface area contributed by atoms with Crippen molar-refractivity contribution in [2.45, 2.75) is 0 Å². The number of carbonyl (C=O) groups is 1. The van der Waals surface area contributed by atoms with Gasteiger partial charge in [0.25, 0.3) is 0 Å². The van der Waals surface area contributed by atoms with Gasteiger partial charge in [-0.3, -0.25) is 0 Å². The average molecular weight is 326 g/mol. The molecular formula is C17H14N2O3S. The summed E-state index contributed by atoms with van der Waals surface area (Å²) < 4.78 is 10.8. The Hall–Kier alpha value is -2.73. The van der Waals surface area contributed by atoms with Crippen molar-refractivity contribution in [1.82, 2.24) is 4.98 Å². The van der Waals surface area contributed by atoms with Crippen LogP contribution in [-0.2, 0) is 4.74 Å². The Kier molecular flexibility index (Phi) is 4.34. The van der Waals surface area contributed by atoms with Crippen LogP contribution in [0.25, 0.3) is 10.2 Å². The summed E-state index contributed by atoms with van der Waals surface area (Å²) in [6.45, 7) is 0. The normalized spacial score (nSPS) is 11.0. The molecule has 0 unspecified atom stereocenters. The van der Waals surface area contributed by atoms with Crippen LogP contribution in [0.2, 0.25) is 0 Å². The van der Waals surface area contributed by atoms with Gasteiger partial charge < -0.3 is 9.47 Å². The van der Waals surface area contributed by atoms with Crippen molar-refractivity contribution in [3.8, 4) is 5.75 Å². The highest BCUT2D eigenvalue weighted by Gasteiger charge is 2.09. The van der Waals surface area contributed by atoms with Crippen LogP contribution < -0.4 is 4.74 Å². The molecule has 1 aromatic heterocycles. The largest absolute Gasteiger partial charge is 0.497 e. The Morgan fingerprint density at radius 3 is 2.87 bits per heavy atom. The van der Waals surface area contributed by atoms with Crippen molar-refractivity contribution in [3.05, 3.63) is 53.6 Å². The van der Waals surface area contributed by atoms with Crippen molar-refractivity contribution in [2.24, 2.45) is 4.99 Å². The molecule has 0 radical (unpaired) electrons. The Bertz CT molecular complexity index is 886. The number of carbonyl (C=O) groups excluding carboxylic acids is 1. The van der Waals surface area contributed by atoms with Crippen LogP contribution in [0.1, 0.15) is 15.9 Å². The summed E-state index contributed by atoms with van der Waals surface area (Å²) in [7, 11) is 2.99. The van der Waals surface area contributed by atoms with E-state index in [4.69, 9.17) is 9.47 Å². The summed E-state index contributed by atoms with van der Waals surface area (Å²) in [6, 6.07) is 12.9. The van der Waals surface area contributed by atoms with Crippen LogP contribution in [0.3, 0.4) is 0 Å². The fourth-order valence-electron chi connectivity index (χ4n) is 2.06. The SMILES string of the molecule is COC(=O)c1ccc2nc(N=Cc3cccc(OC)c3)sc2c1. The summed E-state index contributed by atoms with van der Waals surface area (Å²) in [4.78, 5) is 20.4. The number of benzene rings is 2. The van der Waals surface area contributed by atoms with E-state index in [1.54, 1.807) is 31.5 Å². The first-order valence-electron chi connectivity index (χ1n) is 6.86. The molecule has 1 heterocycles. The number of hydrogen-bond acceptors (Lipinski definition) is 6. The van der Waals surface area contributed by atoms with Crippen molar-refractivity contribution in [1.29, 1.82) is 0 Å². The molecule has 0 spiro atoms. The highest BCUT2D eigenvalue weighted by atomic mass is 32.1. The number of nitrogens with zero attached hydrogens (tertiary/aromatic N) is 2. The van der Waals surface area contributed by atoms with Gasteiger partial charge in [-0.25, -0.2) is 14.8 Å². The summed E-state index contributed by atoms with van der Waals surface area (Å²) in [6.07, 6.45) is 1.74. The minimum absolute atomic E-state index is 0.360. The Morgan fingerprint density at radius 2 is 2.09 bits per heavy atom. The van der Waals surface area contributed by atoms with E-state index >= 15 is 0 Å². The first kappa shape index (κ1) is 15.2. The van der Waals surface area contributed by atoms with Crippen molar-refractivity contribution >= 4 is 38.9 Å². The van der Waals surface area contributed by atoms with E-state index < -0.39 is 0 Å². The second kappa shape index (κ2) is 6.58. The van der Waals surface area contributed by atoms with Crippen LogP contribution >= 0.6 is 11.3 Å². The van der Waals surface area contributed by atoms with Crippen molar-refractivity contribution in [2.75, 3.05) is 14.2 Å². The van der Waals surface area contributed by atoms with Crippen LogP contribution in [0.15, 0.2) is 47.5 Å². The Morgan fingerprint density at radius 1 is 1.22 bits per heavy atom. The molecule has 0 aliphatic rings. The van der Waals surface area contributed by atoms with E-state index in [9.17, 15) is 4.79 Å². The average Bonchev–Trinajstić information content (AvgIpc) is 3.01. The molecular weight excluding hydrogens is 312 g/mol. The first-order valence-corrected chi connectivity index (χ1v) is 7.68. The van der Waals surface area contributed by atoms with Gasteiger partial charge in [0, 0.05) is 6.21 Å². The highest BCUT2D eigenvalue weighted by Crippen LogP contribution is 2.29. The zero-order chi connectivity index (χ0) is 16.2. The molecule has 116 valence electrons. The molecule has 3 rings (SSSR count). The van der Waals surface area contributed by atoms with Crippen molar-refractivity contribution in [3.63, 3.8) is 0 Å². The predicted octanol–water partition coefficient (Wildman–Crippen LogP) is 3.84. The molecule has 0 saturated heterocycles. The zero-order valence-electron chi connectivity index (χ0n) is 12.6. The van der Waals surface area contributed by atoms with Crippen LogP contribution in [0, 0.1) is 0 Å². The maximum atomic E-state index is 11.6. The molecule has 0 bridgehead atoms. The van der Waals surface area contributed by atoms with Gasteiger partial charge in [-0.15, -0.1) is 0 Å². The van der Waals surface area contributed by atoms with Gasteiger partial charge in [0.2, 0.25) is 5.13 Å². The molecule has 6 heteroatoms. The van der Waals surface area contributed by atoms with Crippen LogP contribution in [0.4, 0.5) is 5.13 Å². The maximum Gasteiger partial charge on any atom is 0.337 e. The number of ether oxygens (including phenoxy) is 2. The standard InChI is InChI=1S/C17H14N2O3S/c1-21-13-5-3-4-11(8-13)10-18-17-19-14-7-6-12(16(20)22-2)9-15(14)23-17/h3-10H,1-2H3. The predicted molar refractivity (Wildman–Crippen MR) is 91.2 cm³/mol. The van der Waals surface area contributed by atoms with Gasteiger partial charge in [0.15, 0.2) is 0 Å². The van der Waals surface area contributed by atoms with Gasteiger partial charge in [0.05, 0.1) is 30.0 Å². The van der Waals surface area contributed by atoms with Crippen LogP contribution in [0.5, 0.6) is 5.75 Å². The third-order valence-electron chi connectivity index (χ3n) is 3.22. The second-order valence-corrected chi connectivity index (χ2v) is 5.71. The number of rotatable bonds is 4. The number of methoxy groups -OCH3 is 2. The number of fused-ring (bicyclic) bond motifs is 1. The van der Waals surface area contributed by atoms with Gasteiger partial charge in [-0.2, -0.15) is 0 Å². The number of esters is 1. The molecule has 5 nitrogen and oxygen atoms in total. The fourth-order valence-corrected chi connectivity index (χ4v) is 2.91. The zero-order valence-corrected chi connectivity index (χ0v) is 13.5. The molecule has 0 saturated carbocycles. The van der Waals surface area contributed by atoms with Gasteiger partial charge in [-0.05, 0) is 35.9 Å². The number of aromatic nitrogens is 1. The lowest BCUT2D eigenvalue weighted by Crippen LogP contribution is -1.99. The molecule has 0 atom stereocenters. The monoisotopic (exact) mass is 326 g/mol. The third kappa shape index (κ3) is 3.37. The van der Waals surface area contributed by atoms with Crippen LogP contribution in [-0.4, -0.2) is 31.4 Å². The fraction of sp³-hybridized carbons (Fsp3) is 0.118. The molecule has 23 heavy (non-hydrogen) atoms. The lowest BCUT2D eigenvalue weighted by molar-refractivity contribution is 0.0601. The number of hydrogen-bond donors (Lipinski definition) is 0. The molecule has 0 aliphatic heterocycles. The van der Waals surface area contributed by atoms with E-state index in [1.165, 1.54) is 18.4 Å². The van der Waals surface area contributed by atoms with E-state index in [2.05, 4.69) is 9.98 Å². The maximum absolute atomic E-state index is 11.6. The summed E-state index contributed by atoms with van der Waals surface area (Å²) in [5.41, 5.74) is 2.24. The lowest BCUT2D eigenvalue weighted by atomic mass is 10.2. The molecule has 3 aromatic rings. The minimum Gasteiger partial charge on any atom is -0.497 e. The van der Waals surface area contributed by atoms with E-state index in [0.717, 1.165) is 21.5 Å². The molecule has 0 aliphatic carbocycles. The summed E-state index contributed by atoms with van der Waals surface area (Å²) in [5.74, 6) is 0.419. The Balaban J connectivity index is 1.88. The highest BCUT2D eigenvalue weighted by molar-refractivity contribution is 7.22. The lowest BCUT2D eigenvalue weighted by Gasteiger charge is -1.98. The minimum atomic E-state index is -0.360. The third-order valence-corrected chi connectivity index (χ3v) is 4.14. The van der Waals surface area contributed by atoms with Gasteiger partial charge in [-0.1, -0.05) is 23.5 Å². The second-order valence-electron chi connectivity index (χ2n) is 4.71. The number of thiazole rings is 1. The van der Waals surface area contributed by atoms with Gasteiger partial charge in [0.1, 0.15) is 5.75 Å². The quantitative estimate of drug-likeness (QED) is 0.540. The number of aliphatic imine (C=N–C) groups is 1. The van der Waals surface area contributed by atoms with E-state index in [1.807, 2.05) is 24.3 Å².